The molecule has 0 radical (unpaired) electrons. The van der Waals surface area contributed by atoms with Crippen LogP contribution in [0.5, 0.6) is 0 Å². The van der Waals surface area contributed by atoms with Gasteiger partial charge in [0.15, 0.2) is 9.84 Å². The van der Waals surface area contributed by atoms with E-state index in [4.69, 9.17) is 5.73 Å². The van der Waals surface area contributed by atoms with Crippen LogP contribution in [0.3, 0.4) is 0 Å². The molecule has 0 aliphatic heterocycles. The van der Waals surface area contributed by atoms with E-state index in [1.807, 2.05) is 19.1 Å². The van der Waals surface area contributed by atoms with Crippen molar-refractivity contribution in [2.24, 2.45) is 0 Å². The first-order valence-corrected chi connectivity index (χ1v) is 13.3. The Balaban J connectivity index is 1.59. The van der Waals surface area contributed by atoms with E-state index in [9.17, 15) is 26.4 Å². The highest BCUT2D eigenvalue weighted by molar-refractivity contribution is 7.91. The van der Waals surface area contributed by atoms with Gasteiger partial charge in [0.25, 0.3) is 5.91 Å². The van der Waals surface area contributed by atoms with Crippen molar-refractivity contribution in [2.75, 3.05) is 12.0 Å². The van der Waals surface area contributed by atoms with Crippen molar-refractivity contribution in [1.29, 1.82) is 0 Å². The number of sulfone groups is 1. The van der Waals surface area contributed by atoms with Gasteiger partial charge in [0.2, 0.25) is 0 Å². The van der Waals surface area contributed by atoms with Crippen LogP contribution in [0.4, 0.5) is 19.0 Å². The summed E-state index contributed by atoms with van der Waals surface area (Å²) in [5.41, 5.74) is 6.95. The number of alkyl halides is 3. The van der Waals surface area contributed by atoms with E-state index < -0.39 is 34.0 Å². The Hall–Kier alpha value is -4.06. The lowest BCUT2D eigenvalue weighted by Crippen LogP contribution is -2.26. The number of nitrogens with two attached hydrogens (primary N) is 1. The maximum atomic E-state index is 13.5. The number of amides is 1. The summed E-state index contributed by atoms with van der Waals surface area (Å²) in [6, 6.07) is 8.86. The fraction of sp³-hybridized carbons (Fsp3) is 0.231. The number of carbonyl (C=O) groups excluding carboxylic acids is 1. The Morgan fingerprint density at radius 1 is 1.08 bits per heavy atom. The molecule has 0 bridgehead atoms. The molecule has 0 aliphatic rings. The quantitative estimate of drug-likeness (QED) is 0.374. The average molecular weight is 544 g/mol. The Kier molecular flexibility index (Phi) is 7.11. The summed E-state index contributed by atoms with van der Waals surface area (Å²) in [5.74, 6) is -0.865. The topological polar surface area (TPSA) is 128 Å². The lowest BCUT2D eigenvalue weighted by atomic mass is 10.0. The first-order chi connectivity index (χ1) is 17.7. The molecule has 4 rings (SSSR count). The first-order valence-electron chi connectivity index (χ1n) is 11.4. The third-order valence-corrected chi connectivity index (χ3v) is 7.00. The van der Waals surface area contributed by atoms with Crippen molar-refractivity contribution >= 4 is 32.5 Å². The van der Waals surface area contributed by atoms with Gasteiger partial charge in [-0.2, -0.15) is 13.2 Å². The van der Waals surface area contributed by atoms with E-state index in [1.54, 1.807) is 6.20 Å². The molecular formula is C26H24F3N5O3S. The third-order valence-electron chi connectivity index (χ3n) is 5.89. The fourth-order valence-corrected chi connectivity index (χ4v) is 5.05. The molecule has 3 aromatic heterocycles. The molecule has 0 saturated heterocycles. The number of benzene rings is 1. The number of nitrogens with one attached hydrogen (secondary N) is 1. The Labute approximate surface area is 217 Å². The van der Waals surface area contributed by atoms with Crippen LogP contribution in [0.15, 0.2) is 53.7 Å². The normalized spacial score (nSPS) is 12.1. The van der Waals surface area contributed by atoms with Crippen LogP contribution in [0.25, 0.3) is 10.9 Å². The molecule has 1 aromatic carbocycles. The second kappa shape index (κ2) is 10.0. The van der Waals surface area contributed by atoms with Gasteiger partial charge in [0, 0.05) is 59.5 Å². The average Bonchev–Trinajstić information content (AvgIpc) is 2.81. The summed E-state index contributed by atoms with van der Waals surface area (Å²) in [6.07, 6.45) is -0.332. The Morgan fingerprint density at radius 3 is 2.50 bits per heavy atom. The minimum Gasteiger partial charge on any atom is -0.384 e. The molecule has 4 aromatic rings. The number of aromatic nitrogens is 3. The molecule has 38 heavy (non-hydrogen) atoms. The van der Waals surface area contributed by atoms with Crippen molar-refractivity contribution in [1.82, 2.24) is 20.3 Å². The Morgan fingerprint density at radius 2 is 1.82 bits per heavy atom. The third kappa shape index (κ3) is 5.91. The molecular weight excluding hydrogens is 519 g/mol. The molecule has 0 saturated carbocycles. The monoisotopic (exact) mass is 543 g/mol. The van der Waals surface area contributed by atoms with Crippen LogP contribution in [-0.4, -0.2) is 35.5 Å². The zero-order valence-electron chi connectivity index (χ0n) is 20.7. The maximum absolute atomic E-state index is 13.5. The maximum Gasteiger partial charge on any atom is 0.416 e. The number of aryl methyl sites for hydroxylation is 2. The smallest absolute Gasteiger partial charge is 0.384 e. The molecule has 3 heterocycles. The number of fused-ring (bicyclic) bond motifs is 1. The lowest BCUT2D eigenvalue weighted by Gasteiger charge is -2.16. The van der Waals surface area contributed by atoms with Gasteiger partial charge in [-0.3, -0.25) is 14.8 Å². The molecule has 3 N–H and O–H groups in total. The number of rotatable bonds is 6. The summed E-state index contributed by atoms with van der Waals surface area (Å²) in [7, 11) is -3.57. The van der Waals surface area contributed by atoms with Crippen LogP contribution in [0.2, 0.25) is 0 Å². The van der Waals surface area contributed by atoms with Crippen LogP contribution >= 0.6 is 0 Å². The van der Waals surface area contributed by atoms with E-state index in [0.29, 0.717) is 22.2 Å². The number of hydrogen-bond donors (Lipinski definition) is 2. The van der Waals surface area contributed by atoms with E-state index in [2.05, 4.69) is 20.3 Å². The van der Waals surface area contributed by atoms with E-state index >= 15 is 0 Å². The second-order valence-corrected chi connectivity index (χ2v) is 11.0. The number of nitrogen functional groups attached to an aromatic ring is 1. The molecule has 0 atom stereocenters. The number of anilines is 1. The predicted molar refractivity (Wildman–Crippen MR) is 136 cm³/mol. The van der Waals surface area contributed by atoms with Gasteiger partial charge < -0.3 is 11.1 Å². The number of nitrogens with zero attached hydrogens (tertiary/aromatic N) is 3. The molecule has 8 nitrogen and oxygen atoms in total. The SMILES string of the molecule is Cc1cnc2c(S(C)(=O)=O)cc(Cc3cc(C(=O)NCc4c(C(F)(F)F)cc(N)nc4C)ccn3)cc2c1. The molecule has 0 spiro atoms. The minimum atomic E-state index is -4.66. The number of halogens is 3. The molecule has 0 unspecified atom stereocenters. The van der Waals surface area contributed by atoms with Crippen molar-refractivity contribution in [3.63, 3.8) is 0 Å². The summed E-state index contributed by atoms with van der Waals surface area (Å²) in [6.45, 7) is 2.84. The molecule has 198 valence electrons. The Bertz CT molecular complexity index is 1670. The predicted octanol–water partition coefficient (Wildman–Crippen LogP) is 4.17. The highest BCUT2D eigenvalue weighted by Crippen LogP contribution is 2.34. The van der Waals surface area contributed by atoms with Crippen LogP contribution < -0.4 is 11.1 Å². The fourth-order valence-electron chi connectivity index (χ4n) is 4.17. The zero-order chi connectivity index (χ0) is 27.8. The van der Waals surface area contributed by atoms with Gasteiger partial charge in [-0.05, 0) is 61.4 Å². The first kappa shape index (κ1) is 27.0. The van der Waals surface area contributed by atoms with Crippen molar-refractivity contribution in [2.45, 2.75) is 37.9 Å². The highest BCUT2D eigenvalue weighted by atomic mass is 32.2. The van der Waals surface area contributed by atoms with E-state index in [1.165, 1.54) is 31.3 Å². The van der Waals surface area contributed by atoms with Crippen molar-refractivity contribution < 1.29 is 26.4 Å². The minimum absolute atomic E-state index is 0.0655. The van der Waals surface area contributed by atoms with E-state index in [0.717, 1.165) is 17.9 Å². The molecule has 0 fully saturated rings. The summed E-state index contributed by atoms with van der Waals surface area (Å²) in [4.78, 5) is 25.3. The van der Waals surface area contributed by atoms with Gasteiger partial charge in [0.05, 0.1) is 16.0 Å². The van der Waals surface area contributed by atoms with Gasteiger partial charge in [0.1, 0.15) is 5.82 Å². The van der Waals surface area contributed by atoms with Gasteiger partial charge in [-0.15, -0.1) is 0 Å². The second-order valence-electron chi connectivity index (χ2n) is 9.00. The lowest BCUT2D eigenvalue weighted by molar-refractivity contribution is -0.138. The molecule has 0 aliphatic carbocycles. The number of pyridine rings is 3. The highest BCUT2D eigenvalue weighted by Gasteiger charge is 2.35. The van der Waals surface area contributed by atoms with Gasteiger partial charge >= 0.3 is 6.18 Å². The van der Waals surface area contributed by atoms with Crippen LogP contribution in [0.1, 0.15) is 44.0 Å². The largest absolute Gasteiger partial charge is 0.416 e. The molecule has 12 heteroatoms. The van der Waals surface area contributed by atoms with Crippen molar-refractivity contribution in [3.8, 4) is 0 Å². The van der Waals surface area contributed by atoms with Crippen molar-refractivity contribution in [3.05, 3.63) is 88.0 Å². The number of hydrogen-bond acceptors (Lipinski definition) is 7. The number of carbonyl (C=O) groups is 1. The summed E-state index contributed by atoms with van der Waals surface area (Å²) >= 11 is 0. The van der Waals surface area contributed by atoms with Gasteiger partial charge in [-0.1, -0.05) is 0 Å². The summed E-state index contributed by atoms with van der Waals surface area (Å²) in [5, 5.41) is 3.16. The van der Waals surface area contributed by atoms with Crippen LogP contribution in [-0.2, 0) is 29.0 Å². The standard InChI is InChI=1S/C26H24F3N5O3S/c1-14-6-18-7-16(9-22(38(3,36)37)24(18)32-12-14)8-19-10-17(4-5-31-19)25(35)33-13-20-15(2)34-23(30)11-21(20)26(27,28)29/h4-7,9-12H,8,13H2,1-3H3,(H2,30,34)(H,33,35). The zero-order valence-corrected chi connectivity index (χ0v) is 21.5. The van der Waals surface area contributed by atoms with Gasteiger partial charge in [-0.25, -0.2) is 13.4 Å². The van der Waals surface area contributed by atoms with E-state index in [-0.39, 0.29) is 34.0 Å². The molecule has 1 amide bonds. The van der Waals surface area contributed by atoms with Crippen LogP contribution in [0, 0.1) is 13.8 Å². The summed E-state index contributed by atoms with van der Waals surface area (Å²) < 4.78 is 65.3.